The number of hydrogen-bond acceptors (Lipinski definition) is 4. The number of nitrogens with zero attached hydrogens (tertiary/aromatic N) is 1. The van der Waals surface area contributed by atoms with Crippen LogP contribution in [-0.4, -0.2) is 31.6 Å². The first-order chi connectivity index (χ1) is 11.1. The number of amides is 1. The molecule has 3 rings (SSSR count). The van der Waals surface area contributed by atoms with E-state index in [0.29, 0.717) is 5.92 Å². The van der Waals surface area contributed by atoms with E-state index in [9.17, 15) is 9.59 Å². The molecular formula is C18H24N2O3. The third kappa shape index (κ3) is 4.24. The molecule has 0 aromatic heterocycles. The predicted molar refractivity (Wildman–Crippen MR) is 89.4 cm³/mol. The van der Waals surface area contributed by atoms with E-state index in [1.165, 1.54) is 24.9 Å². The van der Waals surface area contributed by atoms with Crippen LogP contribution in [0.5, 0.6) is 0 Å². The lowest BCUT2D eigenvalue weighted by atomic mass is 10.1. The lowest BCUT2D eigenvalue weighted by Crippen LogP contribution is -2.29. The maximum absolute atomic E-state index is 11.8. The van der Waals surface area contributed by atoms with Gasteiger partial charge in [0.1, 0.15) is 0 Å². The molecular weight excluding hydrogens is 292 g/mol. The minimum absolute atomic E-state index is 0.00775. The Hall–Kier alpha value is -2.04. The van der Waals surface area contributed by atoms with Gasteiger partial charge in [-0.3, -0.25) is 9.59 Å². The number of nitrogens with one attached hydrogen (secondary N) is 1. The van der Waals surface area contributed by atoms with Gasteiger partial charge in [-0.1, -0.05) is 6.92 Å². The van der Waals surface area contributed by atoms with Crippen LogP contribution in [0.3, 0.4) is 0 Å². The highest BCUT2D eigenvalue weighted by atomic mass is 16.5. The van der Waals surface area contributed by atoms with Crippen LogP contribution in [0.25, 0.3) is 0 Å². The lowest BCUT2D eigenvalue weighted by Gasteiger charge is -2.28. The Kier molecular flexibility index (Phi) is 4.84. The van der Waals surface area contributed by atoms with Gasteiger partial charge in [0.25, 0.3) is 5.91 Å². The smallest absolute Gasteiger partial charge is 0.309 e. The van der Waals surface area contributed by atoms with Crippen molar-refractivity contribution in [1.29, 1.82) is 0 Å². The van der Waals surface area contributed by atoms with Crippen molar-refractivity contribution in [3.8, 4) is 0 Å². The number of esters is 1. The highest BCUT2D eigenvalue weighted by molar-refractivity contribution is 5.93. The summed E-state index contributed by atoms with van der Waals surface area (Å²) in [5.74, 6) is -0.162. The SMILES string of the molecule is C[C@H]1C[C@@H]1C(=O)OCC(=O)Nc1ccc(N2CCCCC2)cc1. The van der Waals surface area contributed by atoms with E-state index in [2.05, 4.69) is 10.2 Å². The van der Waals surface area contributed by atoms with Crippen molar-refractivity contribution in [3.63, 3.8) is 0 Å². The van der Waals surface area contributed by atoms with Crippen molar-refractivity contribution in [3.05, 3.63) is 24.3 Å². The van der Waals surface area contributed by atoms with E-state index in [1.54, 1.807) is 0 Å². The van der Waals surface area contributed by atoms with Crippen molar-refractivity contribution >= 4 is 23.3 Å². The molecule has 2 aliphatic rings. The van der Waals surface area contributed by atoms with Gasteiger partial charge < -0.3 is 15.0 Å². The van der Waals surface area contributed by atoms with Crippen LogP contribution in [-0.2, 0) is 14.3 Å². The fourth-order valence-electron chi connectivity index (χ4n) is 3.00. The largest absolute Gasteiger partial charge is 0.455 e. The summed E-state index contributed by atoms with van der Waals surface area (Å²) in [4.78, 5) is 25.8. The Bertz CT molecular complexity index is 564. The number of carbonyl (C=O) groups is 2. The number of rotatable bonds is 5. The number of hydrogen-bond donors (Lipinski definition) is 1. The van der Waals surface area contributed by atoms with Gasteiger partial charge in [0.05, 0.1) is 5.92 Å². The predicted octanol–water partition coefficient (Wildman–Crippen LogP) is 2.81. The molecule has 0 unspecified atom stereocenters. The molecule has 0 bridgehead atoms. The summed E-state index contributed by atoms with van der Waals surface area (Å²) < 4.78 is 5.03. The molecule has 0 spiro atoms. The van der Waals surface area contributed by atoms with Crippen LogP contribution in [0.15, 0.2) is 24.3 Å². The Morgan fingerprint density at radius 2 is 1.83 bits per heavy atom. The van der Waals surface area contributed by atoms with Gasteiger partial charge in [-0.25, -0.2) is 0 Å². The minimum atomic E-state index is -0.294. The molecule has 124 valence electrons. The van der Waals surface area contributed by atoms with E-state index in [4.69, 9.17) is 4.74 Å². The van der Waals surface area contributed by atoms with E-state index in [0.717, 1.165) is 25.2 Å². The molecule has 0 radical (unpaired) electrons. The molecule has 1 aromatic carbocycles. The highest BCUT2D eigenvalue weighted by Crippen LogP contribution is 2.38. The first-order valence-corrected chi connectivity index (χ1v) is 8.45. The number of anilines is 2. The maximum Gasteiger partial charge on any atom is 0.309 e. The molecule has 5 nitrogen and oxygen atoms in total. The molecule has 1 amide bonds. The zero-order chi connectivity index (χ0) is 16.2. The molecule has 1 heterocycles. The lowest BCUT2D eigenvalue weighted by molar-refractivity contribution is -0.148. The summed E-state index contributed by atoms with van der Waals surface area (Å²) in [6, 6.07) is 7.84. The van der Waals surface area contributed by atoms with E-state index in [-0.39, 0.29) is 24.4 Å². The molecule has 1 saturated carbocycles. The molecule has 2 fully saturated rings. The summed E-state index contributed by atoms with van der Waals surface area (Å²) >= 11 is 0. The van der Waals surface area contributed by atoms with Gasteiger partial charge in [-0.2, -0.15) is 0 Å². The first-order valence-electron chi connectivity index (χ1n) is 8.45. The van der Waals surface area contributed by atoms with Gasteiger partial charge in [0.2, 0.25) is 0 Å². The summed E-state index contributed by atoms with van der Waals surface area (Å²) in [6.07, 6.45) is 4.66. The number of benzene rings is 1. The summed E-state index contributed by atoms with van der Waals surface area (Å²) in [7, 11) is 0. The van der Waals surface area contributed by atoms with Crippen LogP contribution in [0.1, 0.15) is 32.6 Å². The van der Waals surface area contributed by atoms with Crippen LogP contribution in [0, 0.1) is 11.8 Å². The molecule has 1 N–H and O–H groups in total. The Morgan fingerprint density at radius 3 is 2.43 bits per heavy atom. The van der Waals surface area contributed by atoms with E-state index in [1.807, 2.05) is 31.2 Å². The van der Waals surface area contributed by atoms with Gasteiger partial charge in [-0.15, -0.1) is 0 Å². The zero-order valence-corrected chi connectivity index (χ0v) is 13.6. The third-order valence-electron chi connectivity index (χ3n) is 4.63. The van der Waals surface area contributed by atoms with Crippen molar-refractivity contribution in [2.75, 3.05) is 29.9 Å². The number of ether oxygens (including phenoxy) is 1. The van der Waals surface area contributed by atoms with Gasteiger partial charge in [-0.05, 0) is 55.9 Å². The van der Waals surface area contributed by atoms with Crippen LogP contribution < -0.4 is 10.2 Å². The van der Waals surface area contributed by atoms with Crippen molar-refractivity contribution in [1.82, 2.24) is 0 Å². The summed E-state index contributed by atoms with van der Waals surface area (Å²) in [6.45, 7) is 3.99. The van der Waals surface area contributed by atoms with Gasteiger partial charge >= 0.3 is 5.97 Å². The molecule has 1 aliphatic heterocycles. The molecule has 23 heavy (non-hydrogen) atoms. The van der Waals surface area contributed by atoms with E-state index >= 15 is 0 Å². The molecule has 5 heteroatoms. The molecule has 1 saturated heterocycles. The van der Waals surface area contributed by atoms with Crippen molar-refractivity contribution < 1.29 is 14.3 Å². The fraction of sp³-hybridized carbons (Fsp3) is 0.556. The molecule has 1 aromatic rings. The second-order valence-electron chi connectivity index (χ2n) is 6.57. The van der Waals surface area contributed by atoms with Crippen LogP contribution in [0.2, 0.25) is 0 Å². The normalized spacial score (nSPS) is 23.3. The minimum Gasteiger partial charge on any atom is -0.455 e. The van der Waals surface area contributed by atoms with Gasteiger partial charge in [0, 0.05) is 24.5 Å². The highest BCUT2D eigenvalue weighted by Gasteiger charge is 2.40. The van der Waals surface area contributed by atoms with Crippen molar-refractivity contribution in [2.24, 2.45) is 11.8 Å². The maximum atomic E-state index is 11.8. The second kappa shape index (κ2) is 7.02. The number of carbonyl (C=O) groups excluding carboxylic acids is 2. The molecule has 2 atom stereocenters. The monoisotopic (exact) mass is 316 g/mol. The fourth-order valence-corrected chi connectivity index (χ4v) is 3.00. The second-order valence-corrected chi connectivity index (χ2v) is 6.57. The zero-order valence-electron chi connectivity index (χ0n) is 13.6. The Balaban J connectivity index is 1.45. The van der Waals surface area contributed by atoms with E-state index < -0.39 is 0 Å². The number of piperidine rings is 1. The van der Waals surface area contributed by atoms with Crippen LogP contribution >= 0.6 is 0 Å². The van der Waals surface area contributed by atoms with Crippen LogP contribution in [0.4, 0.5) is 11.4 Å². The third-order valence-corrected chi connectivity index (χ3v) is 4.63. The Morgan fingerprint density at radius 1 is 1.17 bits per heavy atom. The first kappa shape index (κ1) is 15.8. The quantitative estimate of drug-likeness (QED) is 0.849. The standard InChI is InChI=1S/C18H24N2O3/c1-13-11-16(13)18(22)23-12-17(21)19-14-5-7-15(8-6-14)20-9-3-2-4-10-20/h5-8,13,16H,2-4,9-12H2,1H3,(H,19,21)/t13-,16-/m0/s1. The molecule has 1 aliphatic carbocycles. The van der Waals surface area contributed by atoms with Crippen molar-refractivity contribution in [2.45, 2.75) is 32.6 Å². The average molecular weight is 316 g/mol. The van der Waals surface area contributed by atoms with Gasteiger partial charge in [0.15, 0.2) is 6.61 Å². The summed E-state index contributed by atoms with van der Waals surface area (Å²) in [5, 5.41) is 2.76. The summed E-state index contributed by atoms with van der Waals surface area (Å²) in [5.41, 5.74) is 1.92. The topological polar surface area (TPSA) is 58.6 Å². The average Bonchev–Trinajstić information content (AvgIpc) is 3.31. The Labute approximate surface area is 137 Å².